The highest BCUT2D eigenvalue weighted by Crippen LogP contribution is 1.60. The van der Waals surface area contributed by atoms with Gasteiger partial charge < -0.3 is 5.73 Å². The van der Waals surface area contributed by atoms with Crippen LogP contribution in [0.2, 0.25) is 0 Å². The third-order valence-electron chi connectivity index (χ3n) is 0.332. The number of amides is 1. The summed E-state index contributed by atoms with van der Waals surface area (Å²) >= 11 is 0. The molecule has 5 nitrogen and oxygen atoms in total. The molecule has 0 aromatic heterocycles. The van der Waals surface area contributed by atoms with Gasteiger partial charge in [-0.3, -0.25) is 9.63 Å². The molecule has 0 aromatic rings. The van der Waals surface area contributed by atoms with Gasteiger partial charge in [-0.25, -0.2) is 5.48 Å². The van der Waals surface area contributed by atoms with Crippen molar-refractivity contribution in [3.63, 3.8) is 0 Å². The highest BCUT2D eigenvalue weighted by atomic mass is 16.6. The van der Waals surface area contributed by atoms with Crippen LogP contribution in [0.3, 0.4) is 0 Å². The zero-order valence-electron chi connectivity index (χ0n) is 4.05. The van der Waals surface area contributed by atoms with Crippen molar-refractivity contribution in [2.45, 2.75) is 0 Å². The van der Waals surface area contributed by atoms with Crippen LogP contribution < -0.4 is 11.2 Å². The molecular formula is C3H5N3O2. The van der Waals surface area contributed by atoms with Gasteiger partial charge in [-0.15, -0.1) is 0 Å². The number of nitrogens with two attached hydrogens (primary N) is 1. The first-order chi connectivity index (χ1) is 3.77. The Morgan fingerprint density at radius 2 is 2.62 bits per heavy atom. The molecule has 0 heterocycles. The molecule has 0 saturated heterocycles. The molecule has 1 amide bonds. The first-order valence-corrected chi connectivity index (χ1v) is 1.81. The normalized spacial score (nSPS) is 7.38. The minimum absolute atomic E-state index is 0.284. The van der Waals surface area contributed by atoms with Crippen molar-refractivity contribution in [3.8, 4) is 6.19 Å². The quantitative estimate of drug-likeness (QED) is 0.202. The Bertz CT molecular complexity index is 116. The first-order valence-electron chi connectivity index (χ1n) is 1.81. The highest BCUT2D eigenvalue weighted by Gasteiger charge is 1.89. The maximum absolute atomic E-state index is 9.82. The van der Waals surface area contributed by atoms with Crippen LogP contribution in [0.1, 0.15) is 0 Å². The van der Waals surface area contributed by atoms with Crippen LogP contribution >= 0.6 is 0 Å². The average Bonchev–Trinajstić information content (AvgIpc) is 1.66. The van der Waals surface area contributed by atoms with Crippen LogP contribution in [0.15, 0.2) is 0 Å². The Hall–Kier alpha value is -1.28. The predicted molar refractivity (Wildman–Crippen MR) is 23.9 cm³/mol. The lowest BCUT2D eigenvalue weighted by Crippen LogP contribution is -2.22. The number of hydrogen-bond donors (Lipinski definition) is 2. The molecule has 0 aromatic carbocycles. The number of hydrogen-bond acceptors (Lipinski definition) is 4. The average molecular weight is 115 g/mol. The van der Waals surface area contributed by atoms with Gasteiger partial charge in [-0.2, -0.15) is 5.26 Å². The molecule has 3 N–H and O–H groups in total. The Kier molecular flexibility index (Phi) is 3.27. The highest BCUT2D eigenvalue weighted by molar-refractivity contribution is 5.74. The van der Waals surface area contributed by atoms with Crippen molar-refractivity contribution < 1.29 is 9.63 Å². The van der Waals surface area contributed by atoms with E-state index in [2.05, 4.69) is 10.6 Å². The number of nitriles is 1. The topological polar surface area (TPSA) is 88.1 Å². The van der Waals surface area contributed by atoms with Gasteiger partial charge in [0.2, 0.25) is 12.1 Å². The number of nitrogens with one attached hydrogen (secondary N) is 1. The molecule has 0 aliphatic carbocycles. The van der Waals surface area contributed by atoms with Gasteiger partial charge in [-0.05, 0) is 0 Å². The van der Waals surface area contributed by atoms with Crippen molar-refractivity contribution >= 4 is 5.91 Å². The third kappa shape index (κ3) is 4.72. The number of carbonyl (C=O) groups is 1. The number of nitrogens with zero attached hydrogens (tertiary/aromatic N) is 1. The number of hydroxylamine groups is 1. The van der Waals surface area contributed by atoms with Crippen molar-refractivity contribution in [1.82, 2.24) is 5.48 Å². The lowest BCUT2D eigenvalue weighted by molar-refractivity contribution is -0.124. The second-order valence-corrected chi connectivity index (χ2v) is 0.969. The zero-order chi connectivity index (χ0) is 6.41. The molecule has 0 aliphatic rings. The second kappa shape index (κ2) is 3.89. The van der Waals surface area contributed by atoms with Crippen LogP contribution in [0.25, 0.3) is 0 Å². The van der Waals surface area contributed by atoms with Gasteiger partial charge in [0.05, 0.1) is 0 Å². The summed E-state index contributed by atoms with van der Waals surface area (Å²) in [6.07, 6.45) is 1.44. The van der Waals surface area contributed by atoms with Gasteiger partial charge in [0.15, 0.2) is 6.61 Å². The van der Waals surface area contributed by atoms with Crippen LogP contribution in [0.4, 0.5) is 0 Å². The number of carbonyl (C=O) groups excluding carboxylic acids is 1. The van der Waals surface area contributed by atoms with E-state index in [1.54, 1.807) is 5.48 Å². The van der Waals surface area contributed by atoms with E-state index in [4.69, 9.17) is 5.26 Å². The summed E-state index contributed by atoms with van der Waals surface area (Å²) in [4.78, 5) is 14.0. The van der Waals surface area contributed by atoms with Crippen LogP contribution in [0, 0.1) is 11.5 Å². The molecular weight excluding hydrogens is 110 g/mol. The summed E-state index contributed by atoms with van der Waals surface area (Å²) in [5.74, 6) is -0.618. The molecule has 0 atom stereocenters. The van der Waals surface area contributed by atoms with E-state index in [1.165, 1.54) is 6.19 Å². The van der Waals surface area contributed by atoms with E-state index in [1.807, 2.05) is 0 Å². The lowest BCUT2D eigenvalue weighted by Gasteiger charge is -1.91. The molecule has 5 heteroatoms. The van der Waals surface area contributed by atoms with E-state index in [0.29, 0.717) is 0 Å². The second-order valence-electron chi connectivity index (χ2n) is 0.969. The standard InChI is InChI=1S/C3H5N3O2/c4-2-6-8-1-3(5)7/h6H,1H2,(H2,5,7). The third-order valence-corrected chi connectivity index (χ3v) is 0.332. The SMILES string of the molecule is N#CNOCC(N)=O. The fraction of sp³-hybridized carbons (Fsp3) is 0.333. The van der Waals surface area contributed by atoms with Crippen LogP contribution in [0.5, 0.6) is 0 Å². The fourth-order valence-corrected chi connectivity index (χ4v) is 0.139. The summed E-state index contributed by atoms with van der Waals surface area (Å²) < 4.78 is 0. The lowest BCUT2D eigenvalue weighted by atomic mass is 10.7. The van der Waals surface area contributed by atoms with Crippen molar-refractivity contribution in [2.24, 2.45) is 5.73 Å². The molecule has 0 fully saturated rings. The first kappa shape index (κ1) is 6.72. The van der Waals surface area contributed by atoms with Gasteiger partial charge in [0.25, 0.3) is 0 Å². The van der Waals surface area contributed by atoms with Crippen molar-refractivity contribution in [1.29, 1.82) is 5.26 Å². The van der Waals surface area contributed by atoms with Crippen LogP contribution in [-0.4, -0.2) is 12.5 Å². The van der Waals surface area contributed by atoms with E-state index < -0.39 is 5.91 Å². The summed E-state index contributed by atoms with van der Waals surface area (Å²) in [7, 11) is 0. The molecule has 0 rings (SSSR count). The minimum atomic E-state index is -0.618. The van der Waals surface area contributed by atoms with Crippen molar-refractivity contribution in [2.75, 3.05) is 6.61 Å². The number of primary amides is 1. The van der Waals surface area contributed by atoms with Crippen molar-refractivity contribution in [3.05, 3.63) is 0 Å². The summed E-state index contributed by atoms with van der Waals surface area (Å²) in [6, 6.07) is 0. The molecule has 8 heavy (non-hydrogen) atoms. The molecule has 0 radical (unpaired) electrons. The van der Waals surface area contributed by atoms with Gasteiger partial charge >= 0.3 is 0 Å². The maximum Gasteiger partial charge on any atom is 0.246 e. The van der Waals surface area contributed by atoms with E-state index in [-0.39, 0.29) is 6.61 Å². The number of rotatable bonds is 3. The Morgan fingerprint density at radius 3 is 3.00 bits per heavy atom. The minimum Gasteiger partial charge on any atom is -0.368 e. The van der Waals surface area contributed by atoms with E-state index in [9.17, 15) is 4.79 Å². The van der Waals surface area contributed by atoms with E-state index in [0.717, 1.165) is 0 Å². The summed E-state index contributed by atoms with van der Waals surface area (Å²) in [5.41, 5.74) is 6.40. The maximum atomic E-state index is 9.82. The predicted octanol–water partition coefficient (Wildman–Crippen LogP) is -1.53. The smallest absolute Gasteiger partial charge is 0.246 e. The van der Waals surface area contributed by atoms with Gasteiger partial charge in [0, 0.05) is 0 Å². The van der Waals surface area contributed by atoms with Gasteiger partial charge in [0.1, 0.15) is 0 Å². The summed E-state index contributed by atoms with van der Waals surface area (Å²) in [6.45, 7) is -0.284. The Morgan fingerprint density at radius 1 is 2.00 bits per heavy atom. The Balaban J connectivity index is 2.97. The van der Waals surface area contributed by atoms with E-state index >= 15 is 0 Å². The monoisotopic (exact) mass is 115 g/mol. The molecule has 44 valence electrons. The zero-order valence-corrected chi connectivity index (χ0v) is 4.05. The summed E-state index contributed by atoms with van der Waals surface area (Å²) in [5, 5.41) is 7.74. The fourth-order valence-electron chi connectivity index (χ4n) is 0.139. The molecule has 0 bridgehead atoms. The Labute approximate surface area is 46.0 Å². The van der Waals surface area contributed by atoms with Crippen LogP contribution in [-0.2, 0) is 9.63 Å². The van der Waals surface area contributed by atoms with Gasteiger partial charge in [-0.1, -0.05) is 0 Å². The molecule has 0 aliphatic heterocycles. The molecule has 0 spiro atoms. The largest absolute Gasteiger partial charge is 0.368 e. The molecule has 0 saturated carbocycles. The molecule has 0 unspecified atom stereocenters.